The van der Waals surface area contributed by atoms with Crippen LogP contribution in [0.1, 0.15) is 23.3 Å². The summed E-state index contributed by atoms with van der Waals surface area (Å²) in [6, 6.07) is 4.83. The van der Waals surface area contributed by atoms with Gasteiger partial charge in [-0.25, -0.2) is 0 Å². The minimum Gasteiger partial charge on any atom is -0.481 e. The zero-order valence-corrected chi connectivity index (χ0v) is 14.3. The first-order valence-corrected chi connectivity index (χ1v) is 8.22. The molecule has 26 heavy (non-hydrogen) atoms. The van der Waals surface area contributed by atoms with Gasteiger partial charge in [0.25, 0.3) is 5.91 Å². The van der Waals surface area contributed by atoms with Crippen molar-refractivity contribution in [3.8, 4) is 11.5 Å². The molecule has 2 amide bonds. The van der Waals surface area contributed by atoms with Crippen LogP contribution in [0.4, 0.5) is 0 Å². The lowest BCUT2D eigenvalue weighted by Crippen LogP contribution is -2.45. The van der Waals surface area contributed by atoms with Crippen LogP contribution in [0.2, 0.25) is 0 Å². The molecule has 0 spiro atoms. The molecule has 1 N–H and O–H groups in total. The molecule has 0 radical (unpaired) electrons. The van der Waals surface area contributed by atoms with Gasteiger partial charge >= 0.3 is 5.97 Å². The highest BCUT2D eigenvalue weighted by atomic mass is 16.5. The molecule has 1 aliphatic rings. The van der Waals surface area contributed by atoms with Gasteiger partial charge in [0.05, 0.1) is 18.7 Å². The second-order valence-electron chi connectivity index (χ2n) is 6.21. The molecule has 1 aliphatic heterocycles. The van der Waals surface area contributed by atoms with Gasteiger partial charge in [-0.2, -0.15) is 0 Å². The summed E-state index contributed by atoms with van der Waals surface area (Å²) in [6.07, 6.45) is 2.33. The number of carbonyl (C=O) groups is 3. The summed E-state index contributed by atoms with van der Waals surface area (Å²) in [4.78, 5) is 38.6. The van der Waals surface area contributed by atoms with E-state index in [4.69, 9.17) is 14.0 Å². The average molecular weight is 361 g/mol. The number of furan rings is 1. The van der Waals surface area contributed by atoms with Gasteiger partial charge in [0.15, 0.2) is 11.5 Å². The third kappa shape index (κ3) is 3.76. The molecule has 9 heteroatoms. The Morgan fingerprint density at radius 3 is 2.65 bits per heavy atom. The van der Waals surface area contributed by atoms with Gasteiger partial charge < -0.3 is 23.8 Å². The fourth-order valence-corrected chi connectivity index (χ4v) is 2.86. The topological polar surface area (TPSA) is 117 Å². The largest absolute Gasteiger partial charge is 0.481 e. The number of hydrogen-bond donors (Lipinski definition) is 1. The Morgan fingerprint density at radius 2 is 2.04 bits per heavy atom. The number of aromatic nitrogens is 1. The zero-order valence-electron chi connectivity index (χ0n) is 14.3. The number of likely N-dealkylation sites (N-methyl/N-ethyl adjacent to an activating group) is 1. The van der Waals surface area contributed by atoms with E-state index in [2.05, 4.69) is 5.16 Å². The average Bonchev–Trinajstić information content (AvgIpc) is 3.32. The second-order valence-corrected chi connectivity index (χ2v) is 6.21. The number of piperidine rings is 1. The third-order valence-electron chi connectivity index (χ3n) is 4.41. The number of amides is 2. The Balaban J connectivity index is 1.56. The zero-order chi connectivity index (χ0) is 18.7. The van der Waals surface area contributed by atoms with Gasteiger partial charge in [0.2, 0.25) is 11.7 Å². The number of carboxylic acids is 1. The Morgan fingerprint density at radius 1 is 1.31 bits per heavy atom. The molecule has 9 nitrogen and oxygen atoms in total. The highest BCUT2D eigenvalue weighted by Gasteiger charge is 2.28. The van der Waals surface area contributed by atoms with Crippen molar-refractivity contribution in [3.63, 3.8) is 0 Å². The van der Waals surface area contributed by atoms with Crippen molar-refractivity contribution in [3.05, 3.63) is 30.2 Å². The van der Waals surface area contributed by atoms with Crippen molar-refractivity contribution < 1.29 is 28.4 Å². The first-order valence-electron chi connectivity index (χ1n) is 8.22. The van der Waals surface area contributed by atoms with Gasteiger partial charge in [-0.05, 0) is 25.0 Å². The molecule has 0 aromatic carbocycles. The predicted octanol–water partition coefficient (Wildman–Crippen LogP) is 1.33. The lowest BCUT2D eigenvalue weighted by atomic mass is 9.97. The Kier molecular flexibility index (Phi) is 5.06. The fourth-order valence-electron chi connectivity index (χ4n) is 2.86. The normalized spacial score (nSPS) is 15.0. The van der Waals surface area contributed by atoms with Crippen molar-refractivity contribution in [1.82, 2.24) is 15.0 Å². The quantitative estimate of drug-likeness (QED) is 0.853. The highest BCUT2D eigenvalue weighted by molar-refractivity contribution is 5.95. The molecule has 3 rings (SSSR count). The highest BCUT2D eigenvalue weighted by Crippen LogP contribution is 2.21. The molecule has 0 saturated carbocycles. The molecule has 0 bridgehead atoms. The van der Waals surface area contributed by atoms with Crippen molar-refractivity contribution in [2.45, 2.75) is 12.8 Å². The first kappa shape index (κ1) is 17.7. The fraction of sp³-hybridized carbons (Fsp3) is 0.412. The van der Waals surface area contributed by atoms with E-state index in [0.29, 0.717) is 37.5 Å². The van der Waals surface area contributed by atoms with Crippen LogP contribution in [0.15, 0.2) is 33.4 Å². The van der Waals surface area contributed by atoms with Crippen molar-refractivity contribution >= 4 is 17.8 Å². The minimum atomic E-state index is -0.831. The van der Waals surface area contributed by atoms with Crippen LogP contribution >= 0.6 is 0 Å². The molecule has 0 unspecified atom stereocenters. The summed E-state index contributed by atoms with van der Waals surface area (Å²) in [7, 11) is 1.51. The third-order valence-corrected chi connectivity index (χ3v) is 4.41. The van der Waals surface area contributed by atoms with Gasteiger partial charge in [-0.3, -0.25) is 14.4 Å². The second kappa shape index (κ2) is 7.42. The molecule has 3 heterocycles. The number of aliphatic carboxylic acids is 1. The molecular formula is C17H19N3O6. The number of carboxylic acid groups (broad SMARTS) is 1. The van der Waals surface area contributed by atoms with Crippen LogP contribution in [-0.2, 0) is 9.59 Å². The maximum absolute atomic E-state index is 12.4. The van der Waals surface area contributed by atoms with E-state index >= 15 is 0 Å². The number of carbonyl (C=O) groups excluding carboxylic acids is 2. The molecule has 2 aromatic heterocycles. The maximum Gasteiger partial charge on any atom is 0.306 e. The monoisotopic (exact) mass is 361 g/mol. The van der Waals surface area contributed by atoms with E-state index in [1.54, 1.807) is 17.0 Å². The summed E-state index contributed by atoms with van der Waals surface area (Å²) >= 11 is 0. The van der Waals surface area contributed by atoms with Gasteiger partial charge in [-0.15, -0.1) is 0 Å². The molecule has 2 aromatic rings. The first-order chi connectivity index (χ1) is 12.5. The van der Waals surface area contributed by atoms with Crippen LogP contribution < -0.4 is 0 Å². The van der Waals surface area contributed by atoms with E-state index < -0.39 is 17.8 Å². The van der Waals surface area contributed by atoms with Crippen LogP contribution in [0.25, 0.3) is 11.5 Å². The summed E-state index contributed by atoms with van der Waals surface area (Å²) < 4.78 is 10.3. The van der Waals surface area contributed by atoms with Crippen LogP contribution in [0, 0.1) is 5.92 Å². The van der Waals surface area contributed by atoms with E-state index in [0.717, 1.165) is 0 Å². The molecule has 1 saturated heterocycles. The van der Waals surface area contributed by atoms with E-state index in [9.17, 15) is 14.4 Å². The van der Waals surface area contributed by atoms with Crippen LogP contribution in [-0.4, -0.2) is 64.5 Å². The SMILES string of the molecule is CN(CC(=O)N1CCC(C(=O)O)CC1)C(=O)c1cc(-c2ccco2)on1. The van der Waals surface area contributed by atoms with Crippen LogP contribution in [0.5, 0.6) is 0 Å². The molecule has 1 fully saturated rings. The standard InChI is InChI=1S/C17H19N3O6/c1-19(10-15(21)20-6-4-11(5-7-20)17(23)24)16(22)12-9-14(26-18-12)13-3-2-8-25-13/h2-3,8-9,11H,4-7,10H2,1H3,(H,23,24). The molecular weight excluding hydrogens is 342 g/mol. The van der Waals surface area contributed by atoms with E-state index in [1.165, 1.54) is 24.3 Å². The Hall–Kier alpha value is -3.10. The summed E-state index contributed by atoms with van der Waals surface area (Å²) in [6.45, 7) is 0.647. The minimum absolute atomic E-state index is 0.0799. The van der Waals surface area contributed by atoms with E-state index in [1.807, 2.05) is 0 Å². The van der Waals surface area contributed by atoms with Crippen molar-refractivity contribution in [2.24, 2.45) is 5.92 Å². The smallest absolute Gasteiger partial charge is 0.306 e. The summed E-state index contributed by atoms with van der Waals surface area (Å²) in [5.41, 5.74) is 0.0799. The Labute approximate surface area is 149 Å². The van der Waals surface area contributed by atoms with E-state index in [-0.39, 0.29) is 18.1 Å². The number of nitrogens with zero attached hydrogens (tertiary/aromatic N) is 3. The Bertz CT molecular complexity index is 789. The molecule has 138 valence electrons. The lowest BCUT2D eigenvalue weighted by Gasteiger charge is -2.31. The van der Waals surface area contributed by atoms with Gasteiger partial charge in [0, 0.05) is 26.2 Å². The lowest BCUT2D eigenvalue weighted by molar-refractivity contribution is -0.145. The maximum atomic E-state index is 12.4. The number of hydrogen-bond acceptors (Lipinski definition) is 6. The summed E-state index contributed by atoms with van der Waals surface area (Å²) in [5, 5.41) is 12.7. The van der Waals surface area contributed by atoms with Crippen molar-refractivity contribution in [1.29, 1.82) is 0 Å². The number of rotatable bonds is 5. The number of likely N-dealkylation sites (tertiary alicyclic amines) is 1. The summed E-state index contributed by atoms with van der Waals surface area (Å²) in [5.74, 6) is -1.12. The van der Waals surface area contributed by atoms with Crippen LogP contribution in [0.3, 0.4) is 0 Å². The molecule has 0 aliphatic carbocycles. The van der Waals surface area contributed by atoms with Crippen molar-refractivity contribution in [2.75, 3.05) is 26.7 Å². The van der Waals surface area contributed by atoms with Gasteiger partial charge in [-0.1, -0.05) is 5.16 Å². The molecule has 0 atom stereocenters. The predicted molar refractivity (Wildman–Crippen MR) is 88.1 cm³/mol. The van der Waals surface area contributed by atoms with Gasteiger partial charge in [0.1, 0.15) is 0 Å².